The van der Waals surface area contributed by atoms with E-state index in [1.54, 1.807) is 0 Å². The summed E-state index contributed by atoms with van der Waals surface area (Å²) in [4.78, 5) is 0. The first-order valence-corrected chi connectivity index (χ1v) is 6.72. The number of benzene rings is 2. The van der Waals surface area contributed by atoms with Gasteiger partial charge >= 0.3 is 0 Å². The fourth-order valence-corrected chi connectivity index (χ4v) is 2.51. The van der Waals surface area contributed by atoms with E-state index in [-0.39, 0.29) is 0 Å². The van der Waals surface area contributed by atoms with E-state index in [4.69, 9.17) is 4.74 Å². The summed E-state index contributed by atoms with van der Waals surface area (Å²) in [5.74, 6) is 0.755. The fraction of sp³-hybridized carbons (Fsp3) is 0.375. The Kier molecular flexibility index (Phi) is 3.47. The number of anilines is 1. The molecule has 1 N–H and O–H groups in total. The Morgan fingerprint density at radius 2 is 1.78 bits per heavy atom. The summed E-state index contributed by atoms with van der Waals surface area (Å²) in [6.45, 7) is 2.90. The van der Waals surface area contributed by atoms with Gasteiger partial charge in [0.25, 0.3) is 0 Å². The molecule has 0 amide bonds. The van der Waals surface area contributed by atoms with Crippen LogP contribution in [0.1, 0.15) is 12.8 Å². The van der Waals surface area contributed by atoms with Crippen molar-refractivity contribution in [3.05, 3.63) is 42.5 Å². The number of hydrogen-bond acceptors (Lipinski definition) is 2. The molecule has 0 saturated carbocycles. The number of ether oxygens (including phenoxy) is 1. The van der Waals surface area contributed by atoms with E-state index in [1.807, 2.05) is 0 Å². The van der Waals surface area contributed by atoms with E-state index >= 15 is 0 Å². The van der Waals surface area contributed by atoms with Crippen LogP contribution >= 0.6 is 0 Å². The lowest BCUT2D eigenvalue weighted by Gasteiger charge is -2.22. The van der Waals surface area contributed by atoms with Crippen LogP contribution in [0, 0.1) is 5.92 Å². The zero-order valence-corrected chi connectivity index (χ0v) is 10.6. The van der Waals surface area contributed by atoms with E-state index in [0.717, 1.165) is 25.7 Å². The quantitative estimate of drug-likeness (QED) is 0.885. The van der Waals surface area contributed by atoms with Crippen molar-refractivity contribution in [3.8, 4) is 0 Å². The highest BCUT2D eigenvalue weighted by molar-refractivity contribution is 5.85. The molecule has 0 aromatic heterocycles. The third kappa shape index (κ3) is 2.65. The standard InChI is InChI=1S/C16H19NO/c1-2-4-15-11-16(6-5-14(15)3-1)17-12-13-7-9-18-10-8-13/h1-6,11,13,17H,7-10,12H2. The largest absolute Gasteiger partial charge is 0.385 e. The fourth-order valence-electron chi connectivity index (χ4n) is 2.51. The van der Waals surface area contributed by atoms with Crippen LogP contribution < -0.4 is 5.32 Å². The Morgan fingerprint density at radius 1 is 1.00 bits per heavy atom. The van der Waals surface area contributed by atoms with Gasteiger partial charge in [0.05, 0.1) is 0 Å². The second-order valence-corrected chi connectivity index (χ2v) is 5.00. The van der Waals surface area contributed by atoms with Crippen LogP contribution in [-0.2, 0) is 4.74 Å². The van der Waals surface area contributed by atoms with Crippen LogP contribution in [0.5, 0.6) is 0 Å². The Balaban J connectivity index is 1.66. The maximum atomic E-state index is 5.38. The van der Waals surface area contributed by atoms with E-state index < -0.39 is 0 Å². The highest BCUT2D eigenvalue weighted by atomic mass is 16.5. The molecule has 0 spiro atoms. The summed E-state index contributed by atoms with van der Waals surface area (Å²) >= 11 is 0. The van der Waals surface area contributed by atoms with E-state index in [9.17, 15) is 0 Å². The molecule has 1 aliphatic heterocycles. The summed E-state index contributed by atoms with van der Waals surface area (Å²) in [5.41, 5.74) is 1.22. The average molecular weight is 241 g/mol. The molecule has 0 bridgehead atoms. The lowest BCUT2D eigenvalue weighted by Crippen LogP contribution is -2.22. The zero-order chi connectivity index (χ0) is 12.2. The zero-order valence-electron chi connectivity index (χ0n) is 10.6. The van der Waals surface area contributed by atoms with Crippen molar-refractivity contribution in [1.82, 2.24) is 0 Å². The third-order valence-corrected chi connectivity index (χ3v) is 3.69. The molecule has 1 aliphatic rings. The highest BCUT2D eigenvalue weighted by Gasteiger charge is 2.13. The highest BCUT2D eigenvalue weighted by Crippen LogP contribution is 2.20. The lowest BCUT2D eigenvalue weighted by atomic mass is 10.0. The van der Waals surface area contributed by atoms with Gasteiger partial charge in [0.15, 0.2) is 0 Å². The van der Waals surface area contributed by atoms with Gasteiger partial charge in [0, 0.05) is 25.4 Å². The molecule has 1 fully saturated rings. The van der Waals surface area contributed by atoms with Crippen LogP contribution in [0.25, 0.3) is 10.8 Å². The molecule has 18 heavy (non-hydrogen) atoms. The molecule has 0 radical (unpaired) electrons. The van der Waals surface area contributed by atoms with Crippen molar-refractivity contribution in [3.63, 3.8) is 0 Å². The summed E-state index contributed by atoms with van der Waals surface area (Å²) in [6.07, 6.45) is 2.36. The predicted molar refractivity (Wildman–Crippen MR) is 76.0 cm³/mol. The van der Waals surface area contributed by atoms with Gasteiger partial charge in [0.2, 0.25) is 0 Å². The molecule has 2 heteroatoms. The second kappa shape index (κ2) is 5.40. The van der Waals surface area contributed by atoms with E-state index in [1.165, 1.54) is 29.3 Å². The van der Waals surface area contributed by atoms with E-state index in [0.29, 0.717) is 0 Å². The minimum atomic E-state index is 0.755. The first-order chi connectivity index (χ1) is 8.92. The van der Waals surface area contributed by atoms with Crippen molar-refractivity contribution in [2.45, 2.75) is 12.8 Å². The monoisotopic (exact) mass is 241 g/mol. The predicted octanol–water partition coefficient (Wildman–Crippen LogP) is 3.68. The van der Waals surface area contributed by atoms with Crippen LogP contribution in [0.2, 0.25) is 0 Å². The normalized spacial score (nSPS) is 16.9. The molecular formula is C16H19NO. The summed E-state index contributed by atoms with van der Waals surface area (Å²) in [6, 6.07) is 15.1. The molecule has 0 unspecified atom stereocenters. The van der Waals surface area contributed by atoms with Crippen molar-refractivity contribution < 1.29 is 4.74 Å². The van der Waals surface area contributed by atoms with Crippen molar-refractivity contribution >= 4 is 16.5 Å². The SMILES string of the molecule is c1ccc2cc(NCC3CCOCC3)ccc2c1. The Morgan fingerprint density at radius 3 is 2.61 bits per heavy atom. The number of hydrogen-bond donors (Lipinski definition) is 1. The molecular weight excluding hydrogens is 222 g/mol. The Hall–Kier alpha value is -1.54. The molecule has 1 saturated heterocycles. The molecule has 94 valence electrons. The summed E-state index contributed by atoms with van der Waals surface area (Å²) < 4.78 is 5.38. The van der Waals surface area contributed by atoms with Gasteiger partial charge in [-0.2, -0.15) is 0 Å². The first-order valence-electron chi connectivity index (χ1n) is 6.72. The lowest BCUT2D eigenvalue weighted by molar-refractivity contribution is 0.0699. The second-order valence-electron chi connectivity index (χ2n) is 5.00. The maximum absolute atomic E-state index is 5.38. The van der Waals surface area contributed by atoms with Crippen LogP contribution in [0.15, 0.2) is 42.5 Å². The molecule has 2 aromatic carbocycles. The molecule has 0 atom stereocenters. The average Bonchev–Trinajstić information content (AvgIpc) is 2.46. The molecule has 2 aromatic rings. The third-order valence-electron chi connectivity index (χ3n) is 3.69. The first kappa shape index (κ1) is 11.5. The van der Waals surface area contributed by atoms with Crippen LogP contribution in [0.4, 0.5) is 5.69 Å². The van der Waals surface area contributed by atoms with Gasteiger partial charge in [0.1, 0.15) is 0 Å². The topological polar surface area (TPSA) is 21.3 Å². The van der Waals surface area contributed by atoms with Crippen LogP contribution in [0.3, 0.4) is 0 Å². The number of rotatable bonds is 3. The minimum Gasteiger partial charge on any atom is -0.385 e. The summed E-state index contributed by atoms with van der Waals surface area (Å²) in [5, 5.41) is 6.15. The molecule has 3 rings (SSSR count). The van der Waals surface area contributed by atoms with Crippen LogP contribution in [-0.4, -0.2) is 19.8 Å². The molecule has 1 heterocycles. The Bertz CT molecular complexity index is 517. The van der Waals surface area contributed by atoms with Gasteiger partial charge in [-0.25, -0.2) is 0 Å². The molecule has 2 nitrogen and oxygen atoms in total. The van der Waals surface area contributed by atoms with Gasteiger partial charge in [-0.1, -0.05) is 30.3 Å². The molecule has 0 aliphatic carbocycles. The van der Waals surface area contributed by atoms with Crippen molar-refractivity contribution in [2.75, 3.05) is 25.1 Å². The smallest absolute Gasteiger partial charge is 0.0469 e. The number of fused-ring (bicyclic) bond motifs is 1. The van der Waals surface area contributed by atoms with Crippen molar-refractivity contribution in [1.29, 1.82) is 0 Å². The number of nitrogens with one attached hydrogen (secondary N) is 1. The van der Waals surface area contributed by atoms with Gasteiger partial charge in [-0.3, -0.25) is 0 Å². The van der Waals surface area contributed by atoms with Gasteiger partial charge in [-0.05, 0) is 41.7 Å². The minimum absolute atomic E-state index is 0.755. The van der Waals surface area contributed by atoms with Crippen molar-refractivity contribution in [2.24, 2.45) is 5.92 Å². The summed E-state index contributed by atoms with van der Waals surface area (Å²) in [7, 11) is 0. The Labute approximate surface area is 108 Å². The maximum Gasteiger partial charge on any atom is 0.0469 e. The van der Waals surface area contributed by atoms with E-state index in [2.05, 4.69) is 47.8 Å². The van der Waals surface area contributed by atoms with Gasteiger partial charge < -0.3 is 10.1 Å². The van der Waals surface area contributed by atoms with Gasteiger partial charge in [-0.15, -0.1) is 0 Å².